The highest BCUT2D eigenvalue weighted by molar-refractivity contribution is 5.59. The summed E-state index contributed by atoms with van der Waals surface area (Å²) in [7, 11) is 1.72. The highest BCUT2D eigenvalue weighted by atomic mass is 16.5. The van der Waals surface area contributed by atoms with Crippen molar-refractivity contribution in [2.45, 2.75) is 33.9 Å². The Hall–Kier alpha value is -1.90. The lowest BCUT2D eigenvalue weighted by Crippen LogP contribution is -2.02. The van der Waals surface area contributed by atoms with E-state index in [0.29, 0.717) is 0 Å². The van der Waals surface area contributed by atoms with Crippen molar-refractivity contribution in [1.29, 1.82) is 0 Å². The Balaban J connectivity index is 2.11. The van der Waals surface area contributed by atoms with Crippen molar-refractivity contribution in [2.75, 3.05) is 12.4 Å². The average molecular weight is 258 g/mol. The fourth-order valence-electron chi connectivity index (χ4n) is 2.32. The van der Waals surface area contributed by atoms with E-state index in [2.05, 4.69) is 61.2 Å². The van der Waals surface area contributed by atoms with Crippen molar-refractivity contribution in [2.24, 2.45) is 0 Å². The van der Waals surface area contributed by atoms with Crippen LogP contribution in [0.5, 0.6) is 5.75 Å². The molecular weight excluding hydrogens is 236 g/mol. The first-order valence-electron chi connectivity index (χ1n) is 6.68. The summed E-state index contributed by atoms with van der Waals surface area (Å²) < 4.78 is 7.63. The van der Waals surface area contributed by atoms with E-state index >= 15 is 0 Å². The van der Waals surface area contributed by atoms with Crippen LogP contribution in [0.15, 0.2) is 30.6 Å². The van der Waals surface area contributed by atoms with E-state index in [1.165, 1.54) is 11.1 Å². The zero-order chi connectivity index (χ0) is 13.8. The van der Waals surface area contributed by atoms with E-state index in [4.69, 9.17) is 4.74 Å². The van der Waals surface area contributed by atoms with Crippen LogP contribution in [0.3, 0.4) is 0 Å². The summed E-state index contributed by atoms with van der Waals surface area (Å²) in [4.78, 5) is 0. The molecule has 1 N–H and O–H groups in total. The smallest absolute Gasteiger partial charge is 0.126 e. The second-order valence-corrected chi connectivity index (χ2v) is 4.79. The summed E-state index contributed by atoms with van der Waals surface area (Å²) >= 11 is 0. The molecule has 2 aromatic rings. The van der Waals surface area contributed by atoms with Crippen LogP contribution < -0.4 is 10.1 Å². The van der Waals surface area contributed by atoms with Gasteiger partial charge in [-0.25, -0.2) is 0 Å². The first kappa shape index (κ1) is 13.5. The topological polar surface area (TPSA) is 26.2 Å². The Morgan fingerprint density at radius 3 is 2.63 bits per heavy atom. The molecule has 0 atom stereocenters. The minimum Gasteiger partial charge on any atom is -0.496 e. The number of nitrogens with one attached hydrogen (secondary N) is 1. The highest BCUT2D eigenvalue weighted by Gasteiger charge is 2.07. The average Bonchev–Trinajstić information content (AvgIpc) is 2.86. The predicted molar refractivity (Wildman–Crippen MR) is 79.9 cm³/mol. The Labute approximate surface area is 115 Å². The number of nitrogens with zero attached hydrogens (tertiary/aromatic N) is 1. The minimum atomic E-state index is 0.833. The zero-order valence-corrected chi connectivity index (χ0v) is 12.2. The molecule has 0 radical (unpaired) electrons. The number of hydrogen-bond acceptors (Lipinski definition) is 2. The van der Waals surface area contributed by atoms with Gasteiger partial charge >= 0.3 is 0 Å². The van der Waals surface area contributed by atoms with Gasteiger partial charge in [0.15, 0.2) is 0 Å². The molecule has 0 aliphatic heterocycles. The molecule has 19 heavy (non-hydrogen) atoms. The predicted octanol–water partition coefficient (Wildman–Crippen LogP) is 3.75. The largest absolute Gasteiger partial charge is 0.496 e. The molecule has 3 nitrogen and oxygen atoms in total. The lowest BCUT2D eigenvalue weighted by atomic mass is 10.1. The van der Waals surface area contributed by atoms with Crippen LogP contribution in [0.25, 0.3) is 0 Å². The number of methoxy groups -OCH3 is 1. The van der Waals surface area contributed by atoms with Gasteiger partial charge in [0.1, 0.15) is 5.75 Å². The van der Waals surface area contributed by atoms with Crippen LogP contribution in [-0.4, -0.2) is 11.7 Å². The Bertz CT molecular complexity index is 558. The standard InChI is InChI=1S/C16H22N2O/c1-5-18-9-8-14(11-18)10-17-15-7-6-12(2)16(19-4)13(15)3/h6-9,11,17H,5,10H2,1-4H3. The lowest BCUT2D eigenvalue weighted by molar-refractivity contribution is 0.409. The van der Waals surface area contributed by atoms with Crippen LogP contribution in [0, 0.1) is 13.8 Å². The van der Waals surface area contributed by atoms with Crippen molar-refractivity contribution in [3.8, 4) is 5.75 Å². The molecule has 1 aromatic heterocycles. The molecule has 0 aliphatic carbocycles. The molecule has 3 heteroatoms. The molecule has 0 bridgehead atoms. The molecule has 0 amide bonds. The highest BCUT2D eigenvalue weighted by Crippen LogP contribution is 2.29. The van der Waals surface area contributed by atoms with Crippen molar-refractivity contribution in [3.63, 3.8) is 0 Å². The third kappa shape index (κ3) is 2.92. The van der Waals surface area contributed by atoms with Crippen molar-refractivity contribution in [1.82, 2.24) is 4.57 Å². The monoisotopic (exact) mass is 258 g/mol. The van der Waals surface area contributed by atoms with E-state index in [1.54, 1.807) is 7.11 Å². The van der Waals surface area contributed by atoms with E-state index in [-0.39, 0.29) is 0 Å². The number of aryl methyl sites for hydroxylation is 2. The second-order valence-electron chi connectivity index (χ2n) is 4.79. The van der Waals surface area contributed by atoms with Gasteiger partial charge in [-0.2, -0.15) is 0 Å². The summed E-state index contributed by atoms with van der Waals surface area (Å²) in [5, 5.41) is 3.48. The van der Waals surface area contributed by atoms with E-state index < -0.39 is 0 Å². The lowest BCUT2D eigenvalue weighted by Gasteiger charge is -2.14. The molecule has 0 spiro atoms. The molecule has 0 unspecified atom stereocenters. The summed E-state index contributed by atoms with van der Waals surface area (Å²) in [6, 6.07) is 6.35. The van der Waals surface area contributed by atoms with Crippen molar-refractivity contribution >= 4 is 5.69 Å². The van der Waals surface area contributed by atoms with Gasteiger partial charge in [-0.15, -0.1) is 0 Å². The molecule has 1 heterocycles. The number of rotatable bonds is 5. The number of benzene rings is 1. The summed E-state index contributed by atoms with van der Waals surface area (Å²) in [5.41, 5.74) is 4.76. The number of hydrogen-bond donors (Lipinski definition) is 1. The van der Waals surface area contributed by atoms with Gasteiger partial charge in [0, 0.05) is 36.7 Å². The number of ether oxygens (including phenoxy) is 1. The second kappa shape index (κ2) is 5.83. The SMILES string of the molecule is CCn1ccc(CNc2ccc(C)c(OC)c2C)c1. The van der Waals surface area contributed by atoms with Crippen LogP contribution >= 0.6 is 0 Å². The maximum Gasteiger partial charge on any atom is 0.126 e. The Morgan fingerprint density at radius 1 is 1.21 bits per heavy atom. The van der Waals surface area contributed by atoms with Gasteiger partial charge in [-0.1, -0.05) is 6.07 Å². The molecule has 2 rings (SSSR count). The maximum absolute atomic E-state index is 5.45. The molecule has 1 aromatic carbocycles. The molecule has 0 aliphatic rings. The molecular formula is C16H22N2O. The zero-order valence-electron chi connectivity index (χ0n) is 12.2. The first-order valence-corrected chi connectivity index (χ1v) is 6.68. The van der Waals surface area contributed by atoms with E-state index in [0.717, 1.165) is 30.1 Å². The van der Waals surface area contributed by atoms with Crippen molar-refractivity contribution in [3.05, 3.63) is 47.3 Å². The van der Waals surface area contributed by atoms with Gasteiger partial charge < -0.3 is 14.6 Å². The maximum atomic E-state index is 5.45. The van der Waals surface area contributed by atoms with Gasteiger partial charge in [0.25, 0.3) is 0 Å². The Kier molecular flexibility index (Phi) is 4.15. The van der Waals surface area contributed by atoms with Crippen LogP contribution in [0.4, 0.5) is 5.69 Å². The molecule has 0 saturated heterocycles. The van der Waals surface area contributed by atoms with Gasteiger partial charge in [-0.05, 0) is 44.0 Å². The van der Waals surface area contributed by atoms with Crippen LogP contribution in [0.1, 0.15) is 23.6 Å². The third-order valence-electron chi connectivity index (χ3n) is 3.47. The first-order chi connectivity index (χ1) is 9.15. The number of aromatic nitrogens is 1. The summed E-state index contributed by atoms with van der Waals surface area (Å²) in [5.74, 6) is 0.969. The third-order valence-corrected chi connectivity index (χ3v) is 3.47. The Morgan fingerprint density at radius 2 is 2.00 bits per heavy atom. The minimum absolute atomic E-state index is 0.833. The quantitative estimate of drug-likeness (QED) is 0.884. The van der Waals surface area contributed by atoms with Gasteiger partial charge in [0.05, 0.1) is 7.11 Å². The van der Waals surface area contributed by atoms with E-state index in [9.17, 15) is 0 Å². The normalized spacial score (nSPS) is 10.5. The molecule has 0 fully saturated rings. The molecule has 102 valence electrons. The van der Waals surface area contributed by atoms with Crippen molar-refractivity contribution < 1.29 is 4.74 Å². The van der Waals surface area contributed by atoms with Gasteiger partial charge in [-0.3, -0.25) is 0 Å². The van der Waals surface area contributed by atoms with E-state index in [1.807, 2.05) is 0 Å². The molecule has 0 saturated carbocycles. The van der Waals surface area contributed by atoms with Crippen LogP contribution in [0.2, 0.25) is 0 Å². The fraction of sp³-hybridized carbons (Fsp3) is 0.375. The number of anilines is 1. The van der Waals surface area contributed by atoms with Gasteiger partial charge in [0.2, 0.25) is 0 Å². The summed E-state index contributed by atoms with van der Waals surface area (Å²) in [6.07, 6.45) is 4.29. The fourth-order valence-corrected chi connectivity index (χ4v) is 2.32. The summed E-state index contributed by atoms with van der Waals surface area (Å²) in [6.45, 7) is 8.14. The van der Waals surface area contributed by atoms with Crippen LogP contribution in [-0.2, 0) is 13.1 Å².